The van der Waals surface area contributed by atoms with E-state index < -0.39 is 12.0 Å². The molecule has 1 aliphatic heterocycles. The van der Waals surface area contributed by atoms with Gasteiger partial charge in [-0.15, -0.1) is 0 Å². The van der Waals surface area contributed by atoms with Crippen LogP contribution in [0.2, 0.25) is 0 Å². The van der Waals surface area contributed by atoms with Gasteiger partial charge in [-0.05, 0) is 43.7 Å². The first kappa shape index (κ1) is 14.1. The van der Waals surface area contributed by atoms with Crippen LogP contribution in [0.1, 0.15) is 25.3 Å². The van der Waals surface area contributed by atoms with E-state index in [0.717, 1.165) is 24.9 Å². The Morgan fingerprint density at radius 1 is 1.38 bits per heavy atom. The summed E-state index contributed by atoms with van der Waals surface area (Å²) in [6.07, 6.45) is 2.72. The van der Waals surface area contributed by atoms with Crippen LogP contribution in [0.15, 0.2) is 24.3 Å². The molecule has 2 aliphatic rings. The number of carbonyl (C=O) groups is 2. The van der Waals surface area contributed by atoms with Crippen LogP contribution in [0.4, 0.5) is 5.69 Å². The smallest absolute Gasteiger partial charge is 0.320 e. The van der Waals surface area contributed by atoms with Crippen LogP contribution >= 0.6 is 0 Å². The SMILES string of the molecule is CC1Cc2ccccc2N1C(=O)CNC(C(=O)O)C1CC1. The van der Waals surface area contributed by atoms with Crippen molar-refractivity contribution in [3.8, 4) is 0 Å². The van der Waals surface area contributed by atoms with Crippen molar-refractivity contribution in [2.75, 3.05) is 11.4 Å². The van der Waals surface area contributed by atoms with E-state index in [4.69, 9.17) is 0 Å². The molecule has 3 rings (SSSR count). The van der Waals surface area contributed by atoms with E-state index in [0.29, 0.717) is 0 Å². The molecule has 0 radical (unpaired) electrons. The first-order chi connectivity index (χ1) is 10.1. The lowest BCUT2D eigenvalue weighted by atomic mass is 10.1. The minimum Gasteiger partial charge on any atom is -0.480 e. The van der Waals surface area contributed by atoms with Gasteiger partial charge in [0.25, 0.3) is 0 Å². The van der Waals surface area contributed by atoms with Crippen LogP contribution in [0.3, 0.4) is 0 Å². The Hall–Kier alpha value is -1.88. The summed E-state index contributed by atoms with van der Waals surface area (Å²) < 4.78 is 0. The van der Waals surface area contributed by atoms with Crippen LogP contribution in [-0.2, 0) is 16.0 Å². The number of aliphatic carboxylic acids is 1. The standard InChI is InChI=1S/C16H20N2O3/c1-10-8-12-4-2-3-5-13(12)18(10)14(19)9-17-15(16(20)21)11-6-7-11/h2-5,10-11,15,17H,6-9H2,1H3,(H,20,21). The van der Waals surface area contributed by atoms with Gasteiger partial charge in [-0.25, -0.2) is 0 Å². The second kappa shape index (κ2) is 5.48. The van der Waals surface area contributed by atoms with Crippen LogP contribution < -0.4 is 10.2 Å². The first-order valence-corrected chi connectivity index (χ1v) is 7.44. The maximum atomic E-state index is 12.5. The Labute approximate surface area is 123 Å². The first-order valence-electron chi connectivity index (χ1n) is 7.44. The molecule has 1 heterocycles. The van der Waals surface area contributed by atoms with E-state index >= 15 is 0 Å². The predicted molar refractivity (Wildman–Crippen MR) is 79.2 cm³/mol. The van der Waals surface area contributed by atoms with Crippen molar-refractivity contribution in [2.24, 2.45) is 5.92 Å². The summed E-state index contributed by atoms with van der Waals surface area (Å²) >= 11 is 0. The zero-order chi connectivity index (χ0) is 15.0. The molecule has 0 aromatic heterocycles. The number of benzene rings is 1. The number of carboxylic acids is 1. The summed E-state index contributed by atoms with van der Waals surface area (Å²) in [5.41, 5.74) is 2.13. The van der Waals surface area contributed by atoms with E-state index in [1.807, 2.05) is 31.2 Å². The lowest BCUT2D eigenvalue weighted by Gasteiger charge is -2.24. The Balaban J connectivity index is 1.67. The molecule has 5 heteroatoms. The molecule has 1 saturated carbocycles. The molecule has 5 nitrogen and oxygen atoms in total. The molecule has 1 aliphatic carbocycles. The summed E-state index contributed by atoms with van der Waals surface area (Å²) in [6, 6.07) is 7.42. The molecule has 0 spiro atoms. The highest BCUT2D eigenvalue weighted by Crippen LogP contribution is 2.33. The van der Waals surface area contributed by atoms with Crippen LogP contribution in [0, 0.1) is 5.92 Å². The van der Waals surface area contributed by atoms with Crippen LogP contribution in [0.25, 0.3) is 0 Å². The number of carbonyl (C=O) groups excluding carboxylic acids is 1. The molecule has 2 atom stereocenters. The van der Waals surface area contributed by atoms with Gasteiger partial charge in [-0.2, -0.15) is 0 Å². The zero-order valence-electron chi connectivity index (χ0n) is 12.1. The maximum absolute atomic E-state index is 12.5. The third kappa shape index (κ3) is 2.78. The zero-order valence-corrected chi connectivity index (χ0v) is 12.1. The normalized spacial score (nSPS) is 22.0. The highest BCUT2D eigenvalue weighted by Gasteiger charge is 2.37. The number of hydrogen-bond acceptors (Lipinski definition) is 3. The highest BCUT2D eigenvalue weighted by molar-refractivity contribution is 5.97. The van der Waals surface area contributed by atoms with Gasteiger partial charge in [-0.3, -0.25) is 14.9 Å². The van der Waals surface area contributed by atoms with Gasteiger partial charge in [0.15, 0.2) is 0 Å². The van der Waals surface area contributed by atoms with E-state index in [2.05, 4.69) is 5.32 Å². The summed E-state index contributed by atoms with van der Waals surface area (Å²) in [6.45, 7) is 2.10. The molecule has 1 aromatic rings. The number of hydrogen-bond donors (Lipinski definition) is 2. The largest absolute Gasteiger partial charge is 0.480 e. The molecular formula is C16H20N2O3. The lowest BCUT2D eigenvalue weighted by molar-refractivity contribution is -0.140. The molecular weight excluding hydrogens is 268 g/mol. The fraction of sp³-hybridized carbons (Fsp3) is 0.500. The van der Waals surface area contributed by atoms with Crippen molar-refractivity contribution >= 4 is 17.6 Å². The number of carboxylic acid groups (broad SMARTS) is 1. The Morgan fingerprint density at radius 2 is 2.10 bits per heavy atom. The maximum Gasteiger partial charge on any atom is 0.320 e. The Bertz CT molecular complexity index is 568. The number of fused-ring (bicyclic) bond motifs is 1. The second-order valence-electron chi connectivity index (χ2n) is 5.98. The van der Waals surface area contributed by atoms with Gasteiger partial charge in [0.1, 0.15) is 6.04 Å². The highest BCUT2D eigenvalue weighted by atomic mass is 16.4. The number of anilines is 1. The van der Waals surface area contributed by atoms with Crippen molar-refractivity contribution in [1.29, 1.82) is 0 Å². The molecule has 1 amide bonds. The number of nitrogens with one attached hydrogen (secondary N) is 1. The topological polar surface area (TPSA) is 69.6 Å². The number of rotatable bonds is 5. The summed E-state index contributed by atoms with van der Waals surface area (Å²) in [7, 11) is 0. The number of nitrogens with zero attached hydrogens (tertiary/aromatic N) is 1. The van der Waals surface area contributed by atoms with Gasteiger partial charge in [-0.1, -0.05) is 18.2 Å². The van der Waals surface area contributed by atoms with Gasteiger partial charge in [0.2, 0.25) is 5.91 Å². The van der Waals surface area contributed by atoms with Crippen LogP contribution in [-0.4, -0.2) is 35.6 Å². The summed E-state index contributed by atoms with van der Waals surface area (Å²) in [5.74, 6) is -0.738. The Kier molecular flexibility index (Phi) is 3.68. The Morgan fingerprint density at radius 3 is 2.76 bits per heavy atom. The molecule has 0 bridgehead atoms. The van der Waals surface area contributed by atoms with E-state index in [-0.39, 0.29) is 24.4 Å². The number of para-hydroxylation sites is 1. The van der Waals surface area contributed by atoms with Crippen molar-refractivity contribution in [3.05, 3.63) is 29.8 Å². The molecule has 1 fully saturated rings. The van der Waals surface area contributed by atoms with Gasteiger partial charge in [0, 0.05) is 11.7 Å². The summed E-state index contributed by atoms with van der Waals surface area (Å²) in [5, 5.41) is 12.1. The van der Waals surface area contributed by atoms with Crippen molar-refractivity contribution in [3.63, 3.8) is 0 Å². The monoisotopic (exact) mass is 288 g/mol. The minimum atomic E-state index is -0.861. The molecule has 2 unspecified atom stereocenters. The van der Waals surface area contributed by atoms with Crippen molar-refractivity contribution in [1.82, 2.24) is 5.32 Å². The predicted octanol–water partition coefficient (Wildman–Crippen LogP) is 1.42. The fourth-order valence-corrected chi connectivity index (χ4v) is 3.11. The molecule has 2 N–H and O–H groups in total. The average molecular weight is 288 g/mol. The van der Waals surface area contributed by atoms with E-state index in [1.165, 1.54) is 5.56 Å². The third-order valence-electron chi connectivity index (χ3n) is 4.31. The lowest BCUT2D eigenvalue weighted by Crippen LogP contribution is -2.47. The summed E-state index contributed by atoms with van der Waals surface area (Å²) in [4.78, 5) is 25.4. The quantitative estimate of drug-likeness (QED) is 0.859. The minimum absolute atomic E-state index is 0.0562. The average Bonchev–Trinajstić information content (AvgIpc) is 3.20. The molecule has 112 valence electrons. The van der Waals surface area contributed by atoms with E-state index in [9.17, 15) is 14.7 Å². The molecule has 21 heavy (non-hydrogen) atoms. The van der Waals surface area contributed by atoms with Gasteiger partial charge < -0.3 is 10.0 Å². The van der Waals surface area contributed by atoms with Crippen molar-refractivity contribution in [2.45, 2.75) is 38.3 Å². The fourth-order valence-electron chi connectivity index (χ4n) is 3.11. The third-order valence-corrected chi connectivity index (χ3v) is 4.31. The van der Waals surface area contributed by atoms with E-state index in [1.54, 1.807) is 4.90 Å². The molecule has 1 aromatic carbocycles. The van der Waals surface area contributed by atoms with Gasteiger partial charge in [0.05, 0.1) is 6.54 Å². The van der Waals surface area contributed by atoms with Gasteiger partial charge >= 0.3 is 5.97 Å². The van der Waals surface area contributed by atoms with Crippen molar-refractivity contribution < 1.29 is 14.7 Å². The second-order valence-corrected chi connectivity index (χ2v) is 5.98. The molecule has 0 saturated heterocycles. The van der Waals surface area contributed by atoms with Crippen LogP contribution in [0.5, 0.6) is 0 Å². The number of amides is 1.